The summed E-state index contributed by atoms with van der Waals surface area (Å²) in [6, 6.07) is 14.1. The zero-order valence-corrected chi connectivity index (χ0v) is 14.1. The van der Waals surface area contributed by atoms with E-state index in [9.17, 15) is 9.90 Å². The van der Waals surface area contributed by atoms with Crippen molar-refractivity contribution in [2.24, 2.45) is 0 Å². The van der Waals surface area contributed by atoms with Crippen LogP contribution in [0.5, 0.6) is 0 Å². The highest BCUT2D eigenvalue weighted by Gasteiger charge is 2.29. The van der Waals surface area contributed by atoms with Crippen LogP contribution >= 0.6 is 0 Å². The number of amides is 1. The van der Waals surface area contributed by atoms with Crippen molar-refractivity contribution in [3.63, 3.8) is 0 Å². The fraction of sp³-hybridized carbons (Fsp3) is 0.350. The highest BCUT2D eigenvalue weighted by atomic mass is 16.5. The first-order chi connectivity index (χ1) is 12.2. The van der Waals surface area contributed by atoms with E-state index in [0.717, 1.165) is 21.7 Å². The van der Waals surface area contributed by atoms with Crippen LogP contribution in [0.2, 0.25) is 0 Å². The van der Waals surface area contributed by atoms with Crippen LogP contribution in [0.4, 0.5) is 0 Å². The van der Waals surface area contributed by atoms with Gasteiger partial charge in [0.25, 0.3) is 0 Å². The molecule has 4 rings (SSSR count). The predicted molar refractivity (Wildman–Crippen MR) is 95.4 cm³/mol. The lowest BCUT2D eigenvalue weighted by Crippen LogP contribution is -2.52. The fourth-order valence-corrected chi connectivity index (χ4v) is 3.46. The Bertz CT molecular complexity index is 916. The van der Waals surface area contributed by atoms with Crippen LogP contribution in [-0.2, 0) is 16.0 Å². The first-order valence-electron chi connectivity index (χ1n) is 8.58. The third-order valence-electron chi connectivity index (χ3n) is 4.83. The normalized spacial score (nSPS) is 21.1. The van der Waals surface area contributed by atoms with E-state index in [2.05, 4.69) is 12.1 Å². The van der Waals surface area contributed by atoms with Gasteiger partial charge in [0.15, 0.2) is 0 Å². The molecule has 0 spiro atoms. The summed E-state index contributed by atoms with van der Waals surface area (Å²) in [5.74, 6) is 0.660. The molecule has 1 fully saturated rings. The Balaban J connectivity index is 1.60. The van der Waals surface area contributed by atoms with Crippen LogP contribution in [0, 0.1) is 0 Å². The minimum atomic E-state index is -0.306. The lowest BCUT2D eigenvalue weighted by atomic mass is 10.1. The Morgan fingerprint density at radius 2 is 2.08 bits per heavy atom. The maximum absolute atomic E-state index is 12.7. The molecule has 1 N–H and O–H groups in total. The van der Waals surface area contributed by atoms with Gasteiger partial charge < -0.3 is 19.2 Å². The van der Waals surface area contributed by atoms with Gasteiger partial charge in [0.2, 0.25) is 5.91 Å². The van der Waals surface area contributed by atoms with Crippen LogP contribution in [0.25, 0.3) is 21.7 Å². The first-order valence-corrected chi connectivity index (χ1v) is 8.58. The van der Waals surface area contributed by atoms with Gasteiger partial charge in [-0.05, 0) is 29.8 Å². The van der Waals surface area contributed by atoms with Crippen molar-refractivity contribution in [1.29, 1.82) is 0 Å². The van der Waals surface area contributed by atoms with E-state index in [-0.39, 0.29) is 31.1 Å². The van der Waals surface area contributed by atoms with Gasteiger partial charge in [0.1, 0.15) is 11.3 Å². The molecular formula is C20H21NO4. The van der Waals surface area contributed by atoms with Gasteiger partial charge in [-0.15, -0.1) is 0 Å². The highest BCUT2D eigenvalue weighted by Crippen LogP contribution is 2.28. The summed E-state index contributed by atoms with van der Waals surface area (Å²) < 4.78 is 11.4. The summed E-state index contributed by atoms with van der Waals surface area (Å²) in [6.07, 6.45) is -0.0920. The third kappa shape index (κ3) is 3.01. The number of carbonyl (C=O) groups is 1. The summed E-state index contributed by atoms with van der Waals surface area (Å²) in [4.78, 5) is 14.5. The van der Waals surface area contributed by atoms with Crippen molar-refractivity contribution in [2.45, 2.75) is 25.5 Å². The van der Waals surface area contributed by atoms with Crippen molar-refractivity contribution in [1.82, 2.24) is 4.90 Å². The maximum atomic E-state index is 12.7. The molecule has 2 atom stereocenters. The van der Waals surface area contributed by atoms with Crippen LogP contribution in [0.3, 0.4) is 0 Å². The van der Waals surface area contributed by atoms with Gasteiger partial charge in [-0.1, -0.05) is 30.3 Å². The van der Waals surface area contributed by atoms with E-state index in [1.54, 1.807) is 4.90 Å². The van der Waals surface area contributed by atoms with E-state index in [1.165, 1.54) is 0 Å². The molecule has 1 aliphatic rings. The van der Waals surface area contributed by atoms with Gasteiger partial charge in [0, 0.05) is 11.9 Å². The summed E-state index contributed by atoms with van der Waals surface area (Å²) in [6.45, 7) is 2.74. The fourth-order valence-electron chi connectivity index (χ4n) is 3.46. The standard InChI is InChI=1S/C20H21NO4/c1-13-12-24-16(11-22)10-21(13)20(23)9-15-8-18-17-5-3-2-4-14(17)6-7-19(18)25-15/h2-8,13,16,22H,9-12H2,1H3. The highest BCUT2D eigenvalue weighted by molar-refractivity contribution is 6.06. The number of fused-ring (bicyclic) bond motifs is 3. The van der Waals surface area contributed by atoms with Crippen LogP contribution in [-0.4, -0.2) is 47.8 Å². The Kier molecular flexibility index (Phi) is 4.19. The van der Waals surface area contributed by atoms with E-state index in [0.29, 0.717) is 18.9 Å². The minimum absolute atomic E-state index is 0.000471. The minimum Gasteiger partial charge on any atom is -0.461 e. The quantitative estimate of drug-likeness (QED) is 0.797. The van der Waals surface area contributed by atoms with E-state index < -0.39 is 0 Å². The SMILES string of the molecule is CC1COC(CO)CN1C(=O)Cc1cc2c(ccc3ccccc32)o1. The summed E-state index contributed by atoms with van der Waals surface area (Å²) in [5.41, 5.74) is 0.796. The molecule has 1 aromatic heterocycles. The van der Waals surface area contributed by atoms with Crippen molar-refractivity contribution in [3.05, 3.63) is 48.2 Å². The number of rotatable bonds is 3. The lowest BCUT2D eigenvalue weighted by Gasteiger charge is -2.37. The Morgan fingerprint density at radius 3 is 2.92 bits per heavy atom. The Hall–Kier alpha value is -2.37. The Labute approximate surface area is 145 Å². The lowest BCUT2D eigenvalue weighted by molar-refractivity contribution is -0.145. The van der Waals surface area contributed by atoms with Gasteiger partial charge >= 0.3 is 0 Å². The van der Waals surface area contributed by atoms with Gasteiger partial charge in [0.05, 0.1) is 31.8 Å². The predicted octanol–water partition coefficient (Wildman–Crippen LogP) is 2.74. The van der Waals surface area contributed by atoms with E-state index >= 15 is 0 Å². The zero-order chi connectivity index (χ0) is 17.4. The number of hydrogen-bond acceptors (Lipinski definition) is 4. The second kappa shape index (κ2) is 6.50. The molecule has 0 bridgehead atoms. The molecule has 0 saturated carbocycles. The Morgan fingerprint density at radius 1 is 1.24 bits per heavy atom. The van der Waals surface area contributed by atoms with Crippen molar-refractivity contribution >= 4 is 27.6 Å². The van der Waals surface area contributed by atoms with E-state index in [1.807, 2.05) is 37.3 Å². The number of morpholine rings is 1. The molecule has 0 aliphatic carbocycles. The van der Waals surface area contributed by atoms with Gasteiger partial charge in [-0.3, -0.25) is 4.79 Å². The van der Waals surface area contributed by atoms with Crippen LogP contribution in [0.1, 0.15) is 12.7 Å². The second-order valence-electron chi connectivity index (χ2n) is 6.62. The number of ether oxygens (including phenoxy) is 1. The molecule has 3 aromatic rings. The summed E-state index contributed by atoms with van der Waals surface area (Å²) >= 11 is 0. The van der Waals surface area contributed by atoms with Gasteiger partial charge in [-0.25, -0.2) is 0 Å². The molecule has 25 heavy (non-hydrogen) atoms. The van der Waals surface area contributed by atoms with Crippen molar-refractivity contribution < 1.29 is 19.1 Å². The molecule has 1 amide bonds. The average molecular weight is 339 g/mol. The smallest absolute Gasteiger partial charge is 0.230 e. The molecule has 2 aromatic carbocycles. The number of hydrogen-bond donors (Lipinski definition) is 1. The number of carbonyl (C=O) groups excluding carboxylic acids is 1. The largest absolute Gasteiger partial charge is 0.461 e. The number of benzene rings is 2. The molecule has 5 heteroatoms. The molecular weight excluding hydrogens is 318 g/mol. The zero-order valence-electron chi connectivity index (χ0n) is 14.1. The molecule has 130 valence electrons. The van der Waals surface area contributed by atoms with Crippen LogP contribution in [0.15, 0.2) is 46.9 Å². The number of nitrogens with zero attached hydrogens (tertiary/aromatic N) is 1. The third-order valence-corrected chi connectivity index (χ3v) is 4.83. The monoisotopic (exact) mass is 339 g/mol. The second-order valence-corrected chi connectivity index (χ2v) is 6.62. The van der Waals surface area contributed by atoms with Crippen molar-refractivity contribution in [2.75, 3.05) is 19.8 Å². The molecule has 1 aliphatic heterocycles. The van der Waals surface area contributed by atoms with Gasteiger partial charge in [-0.2, -0.15) is 0 Å². The van der Waals surface area contributed by atoms with Crippen LogP contribution < -0.4 is 0 Å². The van der Waals surface area contributed by atoms with E-state index in [4.69, 9.17) is 9.15 Å². The first kappa shape index (κ1) is 16.1. The van der Waals surface area contributed by atoms with Crippen molar-refractivity contribution in [3.8, 4) is 0 Å². The number of furan rings is 1. The summed E-state index contributed by atoms with van der Waals surface area (Å²) in [7, 11) is 0. The molecule has 5 nitrogen and oxygen atoms in total. The topological polar surface area (TPSA) is 62.9 Å². The number of aliphatic hydroxyl groups is 1. The maximum Gasteiger partial charge on any atom is 0.230 e. The molecule has 1 saturated heterocycles. The average Bonchev–Trinajstić information content (AvgIpc) is 3.05. The molecule has 2 heterocycles. The number of aliphatic hydroxyl groups excluding tert-OH is 1. The summed E-state index contributed by atoms with van der Waals surface area (Å²) in [5, 5.41) is 12.6. The molecule has 0 radical (unpaired) electrons. The molecule has 2 unspecified atom stereocenters.